The minimum absolute atomic E-state index is 0.122. The highest BCUT2D eigenvalue weighted by Crippen LogP contribution is 2.48. The summed E-state index contributed by atoms with van der Waals surface area (Å²) in [5.74, 6) is -1.47. The Morgan fingerprint density at radius 2 is 0.929 bits per heavy atom. The smallest absolute Gasteiger partial charge is 0.296 e. The van der Waals surface area contributed by atoms with Gasteiger partial charge in [0, 0.05) is 16.2 Å². The Morgan fingerprint density at radius 1 is 0.518 bits per heavy atom. The van der Waals surface area contributed by atoms with E-state index in [9.17, 15) is 46.4 Å². The van der Waals surface area contributed by atoms with Crippen molar-refractivity contribution in [2.45, 2.75) is 61.2 Å². The fraction of sp³-hybridized carbons (Fsp3) is 0.200. The maximum absolute atomic E-state index is 12.3. The van der Waals surface area contributed by atoms with Gasteiger partial charge in [-0.2, -0.15) is 27.1 Å². The van der Waals surface area contributed by atoms with Crippen LogP contribution in [-0.4, -0.2) is 46.4 Å². The van der Waals surface area contributed by atoms with Crippen molar-refractivity contribution in [3.8, 4) is 23.0 Å². The second kappa shape index (κ2) is 14.3. The molecule has 16 heteroatoms. The van der Waals surface area contributed by atoms with Crippen LogP contribution in [0.5, 0.6) is 23.0 Å². The van der Waals surface area contributed by atoms with E-state index in [1.54, 1.807) is 12.1 Å². The van der Waals surface area contributed by atoms with Gasteiger partial charge in [-0.05, 0) is 108 Å². The summed E-state index contributed by atoms with van der Waals surface area (Å²) >= 11 is 0. The van der Waals surface area contributed by atoms with Gasteiger partial charge in [-0.3, -0.25) is 9.11 Å². The summed E-state index contributed by atoms with van der Waals surface area (Å²) in [5, 5.41) is 59.3. The van der Waals surface area contributed by atoms with Crippen molar-refractivity contribution < 1.29 is 46.4 Å². The number of benzene rings is 6. The highest BCUT2D eigenvalue weighted by molar-refractivity contribution is 7.86. The quantitative estimate of drug-likeness (QED) is 0.0629. The first-order valence-corrected chi connectivity index (χ1v) is 20.3. The fourth-order valence-electron chi connectivity index (χ4n) is 7.48. The number of azo groups is 2. The Hall–Kier alpha value is -5.94. The van der Waals surface area contributed by atoms with Crippen molar-refractivity contribution in [3.05, 3.63) is 107 Å². The van der Waals surface area contributed by atoms with Gasteiger partial charge >= 0.3 is 0 Å². The van der Waals surface area contributed by atoms with E-state index in [0.717, 1.165) is 55.4 Å². The molecule has 0 radical (unpaired) electrons. The first-order valence-electron chi connectivity index (χ1n) is 17.4. The number of phenolic OH excluding ortho intramolecular Hbond substituents is 4. The summed E-state index contributed by atoms with van der Waals surface area (Å²) in [7, 11) is -9.64. The average Bonchev–Trinajstić information content (AvgIpc) is 3.14. The summed E-state index contributed by atoms with van der Waals surface area (Å²) in [4.78, 5) is -1.28. The van der Waals surface area contributed by atoms with Crippen molar-refractivity contribution in [2.75, 3.05) is 0 Å². The summed E-state index contributed by atoms with van der Waals surface area (Å²) in [6.45, 7) is 3.66. The Kier molecular flexibility index (Phi) is 9.78. The zero-order valence-electron chi connectivity index (χ0n) is 30.0. The van der Waals surface area contributed by atoms with Gasteiger partial charge in [0.2, 0.25) is 0 Å². The number of phenols is 4. The van der Waals surface area contributed by atoms with E-state index in [4.69, 9.17) is 0 Å². The second-order valence-corrected chi connectivity index (χ2v) is 16.7. The summed E-state index contributed by atoms with van der Waals surface area (Å²) in [6, 6.07) is 21.6. The van der Waals surface area contributed by atoms with Gasteiger partial charge in [0.1, 0.15) is 32.7 Å². The third kappa shape index (κ3) is 7.14. The topological polar surface area (TPSA) is 239 Å². The molecule has 0 bridgehead atoms. The number of aryl methyl sites for hydroxylation is 2. The second-order valence-electron chi connectivity index (χ2n) is 14.0. The molecular formula is C40H36N4O10S2. The molecule has 14 nitrogen and oxygen atoms in total. The highest BCUT2D eigenvalue weighted by atomic mass is 32.2. The Morgan fingerprint density at radius 3 is 1.30 bits per heavy atom. The van der Waals surface area contributed by atoms with E-state index < -0.39 is 58.3 Å². The van der Waals surface area contributed by atoms with Crippen molar-refractivity contribution in [1.82, 2.24) is 0 Å². The van der Waals surface area contributed by atoms with Crippen LogP contribution in [0.15, 0.2) is 115 Å². The van der Waals surface area contributed by atoms with Gasteiger partial charge in [0.15, 0.2) is 11.5 Å². The number of nitrogens with zero attached hydrogens (tertiary/aromatic N) is 4. The van der Waals surface area contributed by atoms with E-state index in [1.165, 1.54) is 36.4 Å². The SMILES string of the molecule is Cc1cc(C2(c3ccc(N=Nc4c(S(=O)(=O)O)cc5ccc(O)cc5c4O)c(C)c3)CCCCC2)ccc1N=Nc1c(S(=O)(=O)O)cc2ccc(O)cc2c1O. The van der Waals surface area contributed by atoms with E-state index in [2.05, 4.69) is 20.5 Å². The number of rotatable bonds is 8. The molecule has 0 unspecified atom stereocenters. The van der Waals surface area contributed by atoms with Gasteiger partial charge in [0.05, 0.1) is 11.4 Å². The molecule has 6 aromatic rings. The molecule has 0 aliphatic heterocycles. The monoisotopic (exact) mass is 796 g/mol. The largest absolute Gasteiger partial charge is 0.508 e. The van der Waals surface area contributed by atoms with E-state index in [-0.39, 0.29) is 33.0 Å². The minimum atomic E-state index is -4.82. The maximum atomic E-state index is 12.3. The van der Waals surface area contributed by atoms with Gasteiger partial charge in [-0.15, -0.1) is 10.2 Å². The molecule has 6 N–H and O–H groups in total. The standard InChI is InChI=1S/C40H36N4O10S2/c1-22-16-26(8-12-32(22)41-43-36-34(55(49,50)51)18-24-6-10-28(45)20-30(24)38(36)47)40(14-4-3-5-15-40)27-9-13-33(23(2)17-27)42-44-37-35(56(52,53)54)19-25-7-11-29(46)21-31(25)39(37)48/h6-13,16-21,45-48H,3-5,14-15H2,1-2H3,(H,49,50,51)(H,52,53,54). The van der Waals surface area contributed by atoms with Crippen LogP contribution in [0.4, 0.5) is 22.7 Å². The van der Waals surface area contributed by atoms with Crippen molar-refractivity contribution in [3.63, 3.8) is 0 Å². The maximum Gasteiger partial charge on any atom is 0.296 e. The zero-order valence-corrected chi connectivity index (χ0v) is 31.7. The molecule has 56 heavy (non-hydrogen) atoms. The van der Waals surface area contributed by atoms with Crippen LogP contribution in [0, 0.1) is 13.8 Å². The number of fused-ring (bicyclic) bond motifs is 2. The third-order valence-electron chi connectivity index (χ3n) is 10.3. The number of hydrogen-bond donors (Lipinski definition) is 6. The lowest BCUT2D eigenvalue weighted by Gasteiger charge is -2.39. The molecule has 0 atom stereocenters. The first kappa shape index (κ1) is 38.3. The molecule has 1 aliphatic rings. The number of aromatic hydroxyl groups is 4. The average molecular weight is 797 g/mol. The van der Waals surface area contributed by atoms with Crippen LogP contribution < -0.4 is 0 Å². The molecule has 0 heterocycles. The van der Waals surface area contributed by atoms with Gasteiger partial charge in [0.25, 0.3) is 20.2 Å². The fourth-order valence-corrected chi connectivity index (χ4v) is 8.80. The van der Waals surface area contributed by atoms with Crippen LogP contribution in [0.25, 0.3) is 21.5 Å². The van der Waals surface area contributed by atoms with Crippen LogP contribution in [0.1, 0.15) is 54.4 Å². The minimum Gasteiger partial charge on any atom is -0.508 e. The molecule has 288 valence electrons. The Labute approximate surface area is 321 Å². The van der Waals surface area contributed by atoms with Gasteiger partial charge < -0.3 is 20.4 Å². The Bertz CT molecular complexity index is 2680. The van der Waals surface area contributed by atoms with E-state index in [0.29, 0.717) is 22.5 Å². The molecule has 0 amide bonds. The van der Waals surface area contributed by atoms with Gasteiger partial charge in [-0.25, -0.2) is 0 Å². The lowest BCUT2D eigenvalue weighted by atomic mass is 9.65. The molecule has 7 rings (SSSR count). The third-order valence-corrected chi connectivity index (χ3v) is 12.1. The molecule has 1 aliphatic carbocycles. The van der Waals surface area contributed by atoms with Crippen LogP contribution in [-0.2, 0) is 25.7 Å². The lowest BCUT2D eigenvalue weighted by Crippen LogP contribution is -2.30. The molecule has 1 fully saturated rings. The zero-order chi connectivity index (χ0) is 40.2. The van der Waals surface area contributed by atoms with Crippen LogP contribution in [0.3, 0.4) is 0 Å². The molecule has 0 spiro atoms. The predicted octanol–water partition coefficient (Wildman–Crippen LogP) is 10.0. The summed E-state index contributed by atoms with van der Waals surface area (Å²) in [6.07, 6.45) is 4.65. The summed E-state index contributed by atoms with van der Waals surface area (Å²) < 4.78 is 69.0. The Balaban J connectivity index is 1.24. The van der Waals surface area contributed by atoms with Crippen molar-refractivity contribution in [2.24, 2.45) is 20.5 Å². The van der Waals surface area contributed by atoms with E-state index >= 15 is 0 Å². The highest BCUT2D eigenvalue weighted by Gasteiger charge is 2.36. The van der Waals surface area contributed by atoms with Crippen molar-refractivity contribution >= 4 is 64.5 Å². The molecule has 6 aromatic carbocycles. The van der Waals surface area contributed by atoms with Crippen LogP contribution >= 0.6 is 0 Å². The first-order chi connectivity index (χ1) is 26.5. The molecule has 0 saturated heterocycles. The van der Waals surface area contributed by atoms with Crippen LogP contribution in [0.2, 0.25) is 0 Å². The normalized spacial score (nSPS) is 15.0. The lowest BCUT2D eigenvalue weighted by molar-refractivity contribution is 0.346. The summed E-state index contributed by atoms with van der Waals surface area (Å²) in [5.41, 5.74) is 2.85. The number of hydrogen-bond acceptors (Lipinski definition) is 12. The molecular weight excluding hydrogens is 761 g/mol. The van der Waals surface area contributed by atoms with Crippen molar-refractivity contribution in [1.29, 1.82) is 0 Å². The van der Waals surface area contributed by atoms with E-state index in [1.807, 2.05) is 38.1 Å². The molecule has 1 saturated carbocycles. The predicted molar refractivity (Wildman–Crippen MR) is 209 cm³/mol. The van der Waals surface area contributed by atoms with Gasteiger partial charge in [-0.1, -0.05) is 55.7 Å². The molecule has 0 aromatic heterocycles.